The number of pyridine rings is 1. The van der Waals surface area contributed by atoms with Gasteiger partial charge >= 0.3 is 0 Å². The molecule has 3 rings (SSSR count). The monoisotopic (exact) mass is 280 g/mol. The van der Waals surface area contributed by atoms with Crippen molar-refractivity contribution < 1.29 is 0 Å². The Kier molecular flexibility index (Phi) is 3.97. The Morgan fingerprint density at radius 2 is 2.00 bits per heavy atom. The Hall–Kier alpha value is -2.20. The van der Waals surface area contributed by atoms with Crippen molar-refractivity contribution in [1.29, 1.82) is 0 Å². The molecule has 0 saturated heterocycles. The molecule has 0 saturated carbocycles. The fraction of sp³-hybridized carbons (Fsp3) is 0.294. The van der Waals surface area contributed by atoms with Gasteiger partial charge in [0.15, 0.2) is 0 Å². The lowest BCUT2D eigenvalue weighted by molar-refractivity contribution is 0.552. The highest BCUT2D eigenvalue weighted by atomic mass is 15.1. The molecule has 4 nitrogen and oxygen atoms in total. The number of benzene rings is 1. The summed E-state index contributed by atoms with van der Waals surface area (Å²) in [6.07, 6.45) is 3.69. The molecule has 0 aliphatic heterocycles. The van der Waals surface area contributed by atoms with Crippen molar-refractivity contribution in [3.63, 3.8) is 0 Å². The Bertz CT molecular complexity index is 730. The van der Waals surface area contributed by atoms with Crippen molar-refractivity contribution in [3.8, 4) is 5.82 Å². The zero-order valence-corrected chi connectivity index (χ0v) is 12.5. The predicted molar refractivity (Wildman–Crippen MR) is 85.4 cm³/mol. The van der Waals surface area contributed by atoms with Crippen LogP contribution in [0, 0.1) is 5.92 Å². The Morgan fingerprint density at radius 1 is 1.14 bits per heavy atom. The summed E-state index contributed by atoms with van der Waals surface area (Å²) in [6, 6.07) is 12.3. The van der Waals surface area contributed by atoms with Crippen molar-refractivity contribution >= 4 is 11.0 Å². The summed E-state index contributed by atoms with van der Waals surface area (Å²) < 4.78 is 2.03. The molecule has 0 fully saturated rings. The van der Waals surface area contributed by atoms with Gasteiger partial charge in [0.2, 0.25) is 0 Å². The number of rotatable bonds is 5. The van der Waals surface area contributed by atoms with E-state index >= 15 is 0 Å². The average molecular weight is 280 g/mol. The third-order valence-corrected chi connectivity index (χ3v) is 3.39. The number of hydrogen-bond acceptors (Lipinski definition) is 3. The first-order valence-electron chi connectivity index (χ1n) is 7.32. The van der Waals surface area contributed by atoms with Crippen molar-refractivity contribution in [3.05, 3.63) is 54.5 Å². The summed E-state index contributed by atoms with van der Waals surface area (Å²) in [6.45, 7) is 6.30. The second kappa shape index (κ2) is 6.06. The second-order valence-corrected chi connectivity index (χ2v) is 5.65. The van der Waals surface area contributed by atoms with E-state index in [2.05, 4.69) is 47.3 Å². The van der Waals surface area contributed by atoms with Crippen LogP contribution in [0.3, 0.4) is 0 Å². The van der Waals surface area contributed by atoms with Gasteiger partial charge in [-0.2, -0.15) is 0 Å². The quantitative estimate of drug-likeness (QED) is 0.780. The Labute approximate surface area is 124 Å². The first-order valence-corrected chi connectivity index (χ1v) is 7.32. The number of nitrogens with zero attached hydrogens (tertiary/aromatic N) is 3. The molecule has 0 amide bonds. The van der Waals surface area contributed by atoms with Gasteiger partial charge < -0.3 is 5.32 Å². The van der Waals surface area contributed by atoms with Gasteiger partial charge in [0.05, 0.1) is 11.0 Å². The van der Waals surface area contributed by atoms with Gasteiger partial charge in [0.25, 0.3) is 0 Å². The zero-order chi connectivity index (χ0) is 14.7. The number of nitrogens with one attached hydrogen (secondary N) is 1. The first-order chi connectivity index (χ1) is 10.2. The van der Waals surface area contributed by atoms with E-state index in [1.165, 1.54) is 5.56 Å². The van der Waals surface area contributed by atoms with E-state index in [0.29, 0.717) is 5.92 Å². The number of aromatic nitrogens is 3. The van der Waals surface area contributed by atoms with Crippen LogP contribution in [0.25, 0.3) is 16.9 Å². The van der Waals surface area contributed by atoms with Gasteiger partial charge in [-0.1, -0.05) is 26.0 Å². The zero-order valence-electron chi connectivity index (χ0n) is 12.5. The van der Waals surface area contributed by atoms with Crippen molar-refractivity contribution in [2.75, 3.05) is 6.54 Å². The summed E-state index contributed by atoms with van der Waals surface area (Å²) in [5, 5.41) is 3.46. The average Bonchev–Trinajstić information content (AvgIpc) is 2.91. The number of imidazole rings is 1. The molecule has 0 bridgehead atoms. The minimum Gasteiger partial charge on any atom is -0.312 e. The van der Waals surface area contributed by atoms with Gasteiger partial charge in [-0.25, -0.2) is 9.97 Å². The van der Waals surface area contributed by atoms with E-state index in [1.54, 1.807) is 0 Å². The molecule has 0 aliphatic rings. The van der Waals surface area contributed by atoms with Crippen LogP contribution in [0.4, 0.5) is 0 Å². The lowest BCUT2D eigenvalue weighted by atomic mass is 10.2. The summed E-state index contributed by atoms with van der Waals surface area (Å²) in [5.41, 5.74) is 3.30. The van der Waals surface area contributed by atoms with Gasteiger partial charge in [-0.15, -0.1) is 0 Å². The van der Waals surface area contributed by atoms with Crippen LogP contribution < -0.4 is 5.32 Å². The molecule has 108 valence electrons. The van der Waals surface area contributed by atoms with Gasteiger partial charge in [0, 0.05) is 12.7 Å². The fourth-order valence-corrected chi connectivity index (χ4v) is 2.35. The highest BCUT2D eigenvalue weighted by Crippen LogP contribution is 2.16. The van der Waals surface area contributed by atoms with Gasteiger partial charge in [-0.05, 0) is 42.3 Å². The number of hydrogen-bond donors (Lipinski definition) is 1. The fourth-order valence-electron chi connectivity index (χ4n) is 2.35. The summed E-state index contributed by atoms with van der Waals surface area (Å²) in [5.74, 6) is 1.57. The number of para-hydroxylation sites is 2. The van der Waals surface area contributed by atoms with E-state index < -0.39 is 0 Å². The molecule has 1 aromatic carbocycles. The summed E-state index contributed by atoms with van der Waals surface area (Å²) in [7, 11) is 0. The maximum Gasteiger partial charge on any atom is 0.138 e. The molecule has 0 aliphatic carbocycles. The molecule has 3 aromatic rings. The summed E-state index contributed by atoms with van der Waals surface area (Å²) in [4.78, 5) is 8.89. The molecule has 0 unspecified atom stereocenters. The smallest absolute Gasteiger partial charge is 0.138 e. The molecular weight excluding hydrogens is 260 g/mol. The van der Waals surface area contributed by atoms with Crippen molar-refractivity contribution in [2.45, 2.75) is 20.4 Å². The van der Waals surface area contributed by atoms with Crippen molar-refractivity contribution in [2.24, 2.45) is 5.92 Å². The van der Waals surface area contributed by atoms with E-state index in [4.69, 9.17) is 0 Å². The van der Waals surface area contributed by atoms with Crippen LogP contribution >= 0.6 is 0 Å². The van der Waals surface area contributed by atoms with E-state index in [9.17, 15) is 0 Å². The molecule has 2 aromatic heterocycles. The lowest BCUT2D eigenvalue weighted by Crippen LogP contribution is -2.19. The maximum absolute atomic E-state index is 4.47. The van der Waals surface area contributed by atoms with E-state index in [-0.39, 0.29) is 0 Å². The van der Waals surface area contributed by atoms with E-state index in [1.807, 2.05) is 35.3 Å². The van der Waals surface area contributed by atoms with Crippen LogP contribution in [0.1, 0.15) is 19.4 Å². The molecular formula is C17H20N4. The first kappa shape index (κ1) is 13.8. The molecule has 0 atom stereocenters. The maximum atomic E-state index is 4.47. The minimum absolute atomic E-state index is 0.656. The standard InChI is InChI=1S/C17H20N4/c1-13(2)10-18-11-14-7-8-19-17(9-14)21-12-20-15-5-3-4-6-16(15)21/h3-9,12-13,18H,10-11H2,1-2H3. The van der Waals surface area contributed by atoms with Crippen LogP contribution in [-0.4, -0.2) is 21.1 Å². The van der Waals surface area contributed by atoms with Crippen LogP contribution in [0.15, 0.2) is 48.9 Å². The third kappa shape index (κ3) is 3.11. The molecule has 0 spiro atoms. The number of fused-ring (bicyclic) bond motifs is 1. The minimum atomic E-state index is 0.656. The molecule has 4 heteroatoms. The largest absolute Gasteiger partial charge is 0.312 e. The molecule has 21 heavy (non-hydrogen) atoms. The van der Waals surface area contributed by atoms with Crippen LogP contribution in [-0.2, 0) is 6.54 Å². The topological polar surface area (TPSA) is 42.7 Å². The lowest BCUT2D eigenvalue weighted by Gasteiger charge is -2.09. The highest BCUT2D eigenvalue weighted by Gasteiger charge is 2.05. The second-order valence-electron chi connectivity index (χ2n) is 5.65. The summed E-state index contributed by atoms with van der Waals surface area (Å²) >= 11 is 0. The Morgan fingerprint density at radius 3 is 2.86 bits per heavy atom. The molecule has 2 heterocycles. The highest BCUT2D eigenvalue weighted by molar-refractivity contribution is 5.76. The van der Waals surface area contributed by atoms with Crippen LogP contribution in [0.2, 0.25) is 0 Å². The molecule has 0 radical (unpaired) electrons. The van der Waals surface area contributed by atoms with E-state index in [0.717, 1.165) is 29.9 Å². The Balaban J connectivity index is 1.85. The molecule has 1 N–H and O–H groups in total. The van der Waals surface area contributed by atoms with Gasteiger partial charge in [0.1, 0.15) is 12.1 Å². The SMILES string of the molecule is CC(C)CNCc1ccnc(-n2cnc3ccccc32)c1. The van der Waals surface area contributed by atoms with Crippen LogP contribution in [0.5, 0.6) is 0 Å². The predicted octanol–water partition coefficient (Wildman–Crippen LogP) is 3.17. The third-order valence-electron chi connectivity index (χ3n) is 3.39. The van der Waals surface area contributed by atoms with Crippen molar-refractivity contribution in [1.82, 2.24) is 19.9 Å². The van der Waals surface area contributed by atoms with Gasteiger partial charge in [-0.3, -0.25) is 4.57 Å². The normalized spacial score (nSPS) is 11.4.